The predicted octanol–water partition coefficient (Wildman–Crippen LogP) is 4.17. The number of carbonyl (C=O) groups excluding carboxylic acids is 2. The Morgan fingerprint density at radius 1 is 0.800 bits per heavy atom. The first-order chi connectivity index (χ1) is 17.1. The first kappa shape index (κ1) is 22.8. The lowest BCUT2D eigenvalue weighted by Crippen LogP contribution is -2.47. The number of nitrogens with zero attached hydrogens (tertiary/aromatic N) is 2. The Labute approximate surface area is 205 Å². The molecule has 1 aliphatic heterocycles. The lowest BCUT2D eigenvalue weighted by molar-refractivity contribution is 0.0950. The summed E-state index contributed by atoms with van der Waals surface area (Å²) >= 11 is 0. The number of hydrogen-bond donors (Lipinski definition) is 2. The maximum atomic E-state index is 13.2. The number of anilines is 3. The summed E-state index contributed by atoms with van der Waals surface area (Å²) in [5, 5.41) is 6.04. The van der Waals surface area contributed by atoms with Crippen molar-refractivity contribution in [3.63, 3.8) is 0 Å². The van der Waals surface area contributed by atoms with E-state index in [9.17, 15) is 9.59 Å². The fourth-order valence-corrected chi connectivity index (χ4v) is 4.43. The van der Waals surface area contributed by atoms with Gasteiger partial charge in [0.25, 0.3) is 11.8 Å². The van der Waals surface area contributed by atoms with Crippen molar-refractivity contribution in [3.05, 3.63) is 83.9 Å². The second-order valence-electron chi connectivity index (χ2n) is 8.95. The highest BCUT2D eigenvalue weighted by Gasteiger charge is 2.28. The monoisotopic (exact) mass is 470 g/mol. The minimum Gasteiger partial charge on any atom is -0.495 e. The van der Waals surface area contributed by atoms with Crippen molar-refractivity contribution in [1.29, 1.82) is 0 Å². The third-order valence-electron chi connectivity index (χ3n) is 6.49. The van der Waals surface area contributed by atoms with E-state index in [0.29, 0.717) is 16.8 Å². The Bertz CT molecular complexity index is 1200. The molecule has 0 atom stereocenters. The lowest BCUT2D eigenvalue weighted by Gasteiger charge is -2.38. The van der Waals surface area contributed by atoms with Crippen LogP contribution < -0.4 is 25.2 Å². The summed E-state index contributed by atoms with van der Waals surface area (Å²) in [6.45, 7) is 3.18. The van der Waals surface area contributed by atoms with E-state index in [0.717, 1.165) is 56.1 Å². The molecule has 7 heteroatoms. The molecule has 1 aliphatic carbocycles. The lowest BCUT2D eigenvalue weighted by atomic mass is 10.1. The number of benzene rings is 3. The fourth-order valence-electron chi connectivity index (χ4n) is 4.43. The highest BCUT2D eigenvalue weighted by Crippen LogP contribution is 2.31. The van der Waals surface area contributed by atoms with Crippen molar-refractivity contribution in [2.75, 3.05) is 48.4 Å². The molecule has 2 amide bonds. The SMILES string of the molecule is COc1ccccc1N1CCN(c2ccc(NC(=O)c3ccccc3)cc2C(=O)NC2CC2)CC1. The van der Waals surface area contributed by atoms with Gasteiger partial charge in [-0.1, -0.05) is 30.3 Å². The van der Waals surface area contributed by atoms with Crippen LogP contribution in [0.5, 0.6) is 5.75 Å². The molecule has 0 aromatic heterocycles. The molecule has 180 valence electrons. The van der Waals surface area contributed by atoms with Crippen molar-refractivity contribution in [2.45, 2.75) is 18.9 Å². The van der Waals surface area contributed by atoms with Gasteiger partial charge in [0.05, 0.1) is 18.4 Å². The van der Waals surface area contributed by atoms with Gasteiger partial charge in [-0.2, -0.15) is 0 Å². The average Bonchev–Trinajstić information content (AvgIpc) is 3.73. The Balaban J connectivity index is 1.35. The number of para-hydroxylation sites is 2. The second kappa shape index (κ2) is 10.1. The van der Waals surface area contributed by atoms with E-state index >= 15 is 0 Å². The minimum atomic E-state index is -0.197. The van der Waals surface area contributed by atoms with E-state index < -0.39 is 0 Å². The molecular weight excluding hydrogens is 440 g/mol. The number of hydrogen-bond acceptors (Lipinski definition) is 5. The molecule has 1 saturated heterocycles. The molecule has 1 saturated carbocycles. The summed E-state index contributed by atoms with van der Waals surface area (Å²) in [5.74, 6) is 0.576. The summed E-state index contributed by atoms with van der Waals surface area (Å²) in [7, 11) is 1.69. The topological polar surface area (TPSA) is 73.9 Å². The first-order valence-corrected chi connectivity index (χ1v) is 12.1. The van der Waals surface area contributed by atoms with Crippen LogP contribution in [0.3, 0.4) is 0 Å². The zero-order valence-corrected chi connectivity index (χ0v) is 19.9. The number of methoxy groups -OCH3 is 1. The van der Waals surface area contributed by atoms with Gasteiger partial charge in [0, 0.05) is 49.2 Å². The van der Waals surface area contributed by atoms with Crippen LogP contribution in [-0.2, 0) is 0 Å². The standard InChI is InChI=1S/C28H30N4O3/c1-35-26-10-6-5-9-25(26)32-17-15-31(16-18-32)24-14-13-22(19-23(24)28(34)29-21-11-12-21)30-27(33)20-7-3-2-4-8-20/h2-10,13-14,19,21H,11-12,15-18H2,1H3,(H,29,34)(H,30,33). The normalized spacial score (nSPS) is 15.5. The first-order valence-electron chi connectivity index (χ1n) is 12.1. The molecule has 0 bridgehead atoms. The minimum absolute atomic E-state index is 0.0922. The molecule has 5 rings (SSSR count). The van der Waals surface area contributed by atoms with Crippen LogP contribution in [0.15, 0.2) is 72.8 Å². The molecule has 1 heterocycles. The third-order valence-corrected chi connectivity index (χ3v) is 6.49. The van der Waals surface area contributed by atoms with E-state index in [1.54, 1.807) is 25.3 Å². The fraction of sp³-hybridized carbons (Fsp3) is 0.286. The molecule has 2 fully saturated rings. The largest absolute Gasteiger partial charge is 0.495 e. The van der Waals surface area contributed by atoms with Crippen LogP contribution in [0.2, 0.25) is 0 Å². The van der Waals surface area contributed by atoms with Gasteiger partial charge in [-0.05, 0) is 55.3 Å². The van der Waals surface area contributed by atoms with Gasteiger partial charge in [0.1, 0.15) is 5.75 Å². The molecule has 2 aliphatic rings. The van der Waals surface area contributed by atoms with E-state index in [1.165, 1.54) is 0 Å². The number of rotatable bonds is 7. The van der Waals surface area contributed by atoms with E-state index in [4.69, 9.17) is 4.74 Å². The van der Waals surface area contributed by atoms with Crippen molar-refractivity contribution >= 4 is 28.9 Å². The molecule has 7 nitrogen and oxygen atoms in total. The Kier molecular flexibility index (Phi) is 6.57. The molecule has 2 N–H and O–H groups in total. The smallest absolute Gasteiger partial charge is 0.255 e. The molecule has 3 aromatic rings. The van der Waals surface area contributed by atoms with E-state index in [-0.39, 0.29) is 17.9 Å². The van der Waals surface area contributed by atoms with Crippen molar-refractivity contribution < 1.29 is 14.3 Å². The Morgan fingerprint density at radius 2 is 1.46 bits per heavy atom. The number of piperazine rings is 1. The quantitative estimate of drug-likeness (QED) is 0.542. The summed E-state index contributed by atoms with van der Waals surface area (Å²) in [6, 6.07) is 23.0. The summed E-state index contributed by atoms with van der Waals surface area (Å²) < 4.78 is 5.54. The van der Waals surface area contributed by atoms with Crippen molar-refractivity contribution in [3.8, 4) is 5.75 Å². The predicted molar refractivity (Wildman–Crippen MR) is 139 cm³/mol. The maximum absolute atomic E-state index is 13.2. The third kappa shape index (κ3) is 5.24. The zero-order chi connectivity index (χ0) is 24.2. The van der Waals surface area contributed by atoms with Gasteiger partial charge in [-0.3, -0.25) is 9.59 Å². The highest BCUT2D eigenvalue weighted by atomic mass is 16.5. The van der Waals surface area contributed by atoms with Crippen LogP contribution in [-0.4, -0.2) is 51.1 Å². The molecule has 3 aromatic carbocycles. The van der Waals surface area contributed by atoms with Gasteiger partial charge in [0.15, 0.2) is 0 Å². The summed E-state index contributed by atoms with van der Waals surface area (Å²) in [4.78, 5) is 30.4. The summed E-state index contributed by atoms with van der Waals surface area (Å²) in [5.41, 5.74) is 3.75. The molecule has 35 heavy (non-hydrogen) atoms. The van der Waals surface area contributed by atoms with Crippen LogP contribution in [0.1, 0.15) is 33.6 Å². The van der Waals surface area contributed by atoms with Crippen LogP contribution >= 0.6 is 0 Å². The highest BCUT2D eigenvalue weighted by molar-refractivity contribution is 6.06. The van der Waals surface area contributed by atoms with Crippen molar-refractivity contribution in [2.24, 2.45) is 0 Å². The number of carbonyl (C=O) groups is 2. The van der Waals surface area contributed by atoms with Crippen LogP contribution in [0.25, 0.3) is 0 Å². The van der Waals surface area contributed by atoms with Crippen LogP contribution in [0, 0.1) is 0 Å². The zero-order valence-electron chi connectivity index (χ0n) is 19.9. The molecule has 0 radical (unpaired) electrons. The average molecular weight is 471 g/mol. The van der Waals surface area contributed by atoms with Gasteiger partial charge in [-0.25, -0.2) is 0 Å². The maximum Gasteiger partial charge on any atom is 0.255 e. The second-order valence-corrected chi connectivity index (χ2v) is 8.95. The summed E-state index contributed by atoms with van der Waals surface area (Å²) in [6.07, 6.45) is 2.03. The number of amides is 2. The number of nitrogens with one attached hydrogen (secondary N) is 2. The van der Waals surface area contributed by atoms with E-state index in [1.807, 2.05) is 48.5 Å². The van der Waals surface area contributed by atoms with E-state index in [2.05, 4.69) is 26.5 Å². The van der Waals surface area contributed by atoms with Crippen LogP contribution in [0.4, 0.5) is 17.1 Å². The molecule has 0 spiro atoms. The van der Waals surface area contributed by atoms with Gasteiger partial charge < -0.3 is 25.2 Å². The Morgan fingerprint density at radius 3 is 2.14 bits per heavy atom. The van der Waals surface area contributed by atoms with Crippen molar-refractivity contribution in [1.82, 2.24) is 5.32 Å². The Hall–Kier alpha value is -4.00. The van der Waals surface area contributed by atoms with Gasteiger partial charge in [-0.15, -0.1) is 0 Å². The molecule has 0 unspecified atom stereocenters. The van der Waals surface area contributed by atoms with Gasteiger partial charge in [0.2, 0.25) is 0 Å². The molecular formula is C28H30N4O3. The number of ether oxygens (including phenoxy) is 1. The van der Waals surface area contributed by atoms with Gasteiger partial charge >= 0.3 is 0 Å².